The van der Waals surface area contributed by atoms with Gasteiger partial charge in [-0.05, 0) is 36.6 Å². The quantitative estimate of drug-likeness (QED) is 0.764. The highest BCUT2D eigenvalue weighted by molar-refractivity contribution is 5.84. The van der Waals surface area contributed by atoms with Crippen molar-refractivity contribution < 1.29 is 9.13 Å². The second-order valence-corrected chi connectivity index (χ2v) is 3.42. The molecule has 1 aromatic carbocycles. The Bertz CT molecular complexity index is 450. The number of rotatable bonds is 4. The number of nitrogens with one attached hydrogen (secondary N) is 1. The number of fused-ring (bicyclic) bond motifs is 1. The molecule has 1 aromatic heterocycles. The smallest absolute Gasteiger partial charge is 0.125 e. The third-order valence-electron chi connectivity index (χ3n) is 2.36. The lowest BCUT2D eigenvalue weighted by Gasteiger charge is -1.98. The Labute approximate surface area is 88.1 Å². The van der Waals surface area contributed by atoms with Crippen LogP contribution < -0.4 is 0 Å². The van der Waals surface area contributed by atoms with E-state index in [9.17, 15) is 4.39 Å². The van der Waals surface area contributed by atoms with Crippen LogP contribution in [0.1, 0.15) is 12.0 Å². The van der Waals surface area contributed by atoms with E-state index in [2.05, 4.69) is 11.4 Å². The molecule has 0 unspecified atom stereocenters. The van der Waals surface area contributed by atoms with Crippen LogP contribution in [-0.2, 0) is 4.74 Å². The Balaban J connectivity index is 2.21. The molecule has 0 spiro atoms. The second kappa shape index (κ2) is 4.45. The van der Waals surface area contributed by atoms with Crippen LogP contribution in [0.3, 0.4) is 0 Å². The summed E-state index contributed by atoms with van der Waals surface area (Å²) in [5.41, 5.74) is 1.93. The minimum absolute atomic E-state index is 0.215. The summed E-state index contributed by atoms with van der Waals surface area (Å²) in [5, 5.41) is 1.05. The van der Waals surface area contributed by atoms with Crippen molar-refractivity contribution in [2.75, 3.05) is 13.7 Å². The first kappa shape index (κ1) is 10.2. The molecule has 0 aliphatic carbocycles. The number of methoxy groups -OCH3 is 1. The molecule has 1 N–H and O–H groups in total. The standard InChI is InChI=1S/C12H13FNO/c1-15-6-2-3-9-8-14-12-7-10(13)4-5-11(9)12/h3-5,7-8,14H,2,6H2,1H3. The number of hydrogen-bond donors (Lipinski definition) is 1. The maximum atomic E-state index is 12.9. The van der Waals surface area contributed by atoms with Gasteiger partial charge in [-0.2, -0.15) is 0 Å². The molecule has 2 rings (SSSR count). The van der Waals surface area contributed by atoms with Crippen LogP contribution in [0, 0.1) is 12.2 Å². The van der Waals surface area contributed by atoms with E-state index in [1.54, 1.807) is 13.2 Å². The molecule has 0 saturated heterocycles. The topological polar surface area (TPSA) is 25.0 Å². The molecule has 3 heteroatoms. The highest BCUT2D eigenvalue weighted by Crippen LogP contribution is 2.21. The van der Waals surface area contributed by atoms with Crippen molar-refractivity contribution in [3.63, 3.8) is 0 Å². The van der Waals surface area contributed by atoms with Gasteiger partial charge >= 0.3 is 0 Å². The summed E-state index contributed by atoms with van der Waals surface area (Å²) in [6.07, 6.45) is 4.83. The number of benzene rings is 1. The minimum Gasteiger partial charge on any atom is -0.385 e. The Hall–Kier alpha value is -1.35. The van der Waals surface area contributed by atoms with Crippen molar-refractivity contribution in [1.29, 1.82) is 0 Å². The Morgan fingerprint density at radius 3 is 3.13 bits per heavy atom. The van der Waals surface area contributed by atoms with E-state index in [1.165, 1.54) is 12.1 Å². The van der Waals surface area contributed by atoms with Crippen molar-refractivity contribution in [2.45, 2.75) is 6.42 Å². The van der Waals surface area contributed by atoms with Gasteiger partial charge in [0.15, 0.2) is 0 Å². The van der Waals surface area contributed by atoms with Gasteiger partial charge in [0, 0.05) is 30.8 Å². The van der Waals surface area contributed by atoms with Crippen molar-refractivity contribution in [3.8, 4) is 0 Å². The SMILES string of the molecule is COCC[CH]c1c[nH]c2cc(F)ccc12. The van der Waals surface area contributed by atoms with Crippen LogP contribution >= 0.6 is 0 Å². The molecule has 0 saturated carbocycles. The molecule has 0 atom stereocenters. The molecule has 1 radical (unpaired) electrons. The molecule has 15 heavy (non-hydrogen) atoms. The lowest BCUT2D eigenvalue weighted by atomic mass is 10.1. The zero-order valence-corrected chi connectivity index (χ0v) is 8.59. The third-order valence-corrected chi connectivity index (χ3v) is 2.36. The van der Waals surface area contributed by atoms with Crippen LogP contribution in [0.25, 0.3) is 10.9 Å². The Kier molecular flexibility index (Phi) is 3.02. The fourth-order valence-corrected chi connectivity index (χ4v) is 1.62. The van der Waals surface area contributed by atoms with Gasteiger partial charge in [-0.25, -0.2) is 4.39 Å². The molecule has 0 fully saturated rings. The zero-order chi connectivity index (χ0) is 10.7. The van der Waals surface area contributed by atoms with Gasteiger partial charge in [0.1, 0.15) is 5.82 Å². The van der Waals surface area contributed by atoms with Gasteiger partial charge in [0.2, 0.25) is 0 Å². The first-order valence-corrected chi connectivity index (χ1v) is 4.90. The lowest BCUT2D eigenvalue weighted by Crippen LogP contribution is -1.89. The van der Waals surface area contributed by atoms with Gasteiger partial charge in [-0.3, -0.25) is 0 Å². The third kappa shape index (κ3) is 2.18. The summed E-state index contributed by atoms with van der Waals surface area (Å²) in [6, 6.07) is 4.77. The van der Waals surface area contributed by atoms with Crippen molar-refractivity contribution in [1.82, 2.24) is 4.98 Å². The molecule has 2 nitrogen and oxygen atoms in total. The number of halogens is 1. The van der Waals surface area contributed by atoms with Gasteiger partial charge in [0.25, 0.3) is 0 Å². The molecule has 0 aliphatic heterocycles. The predicted molar refractivity (Wildman–Crippen MR) is 58.2 cm³/mol. The van der Waals surface area contributed by atoms with Gasteiger partial charge < -0.3 is 9.72 Å². The largest absolute Gasteiger partial charge is 0.385 e. The van der Waals surface area contributed by atoms with E-state index < -0.39 is 0 Å². The van der Waals surface area contributed by atoms with Crippen LogP contribution in [0.4, 0.5) is 4.39 Å². The van der Waals surface area contributed by atoms with Crippen molar-refractivity contribution in [2.24, 2.45) is 0 Å². The summed E-state index contributed by atoms with van der Waals surface area (Å²) < 4.78 is 17.9. The van der Waals surface area contributed by atoms with Crippen molar-refractivity contribution >= 4 is 10.9 Å². The van der Waals surface area contributed by atoms with E-state index in [4.69, 9.17) is 4.74 Å². The highest BCUT2D eigenvalue weighted by atomic mass is 19.1. The Morgan fingerprint density at radius 2 is 2.33 bits per heavy atom. The number of aromatic amines is 1. The van der Waals surface area contributed by atoms with Crippen LogP contribution in [0.5, 0.6) is 0 Å². The average Bonchev–Trinajstić information content (AvgIpc) is 2.61. The fourth-order valence-electron chi connectivity index (χ4n) is 1.62. The molecular formula is C12H13FNO. The molecule has 2 aromatic rings. The lowest BCUT2D eigenvalue weighted by molar-refractivity contribution is 0.202. The molecule has 0 aliphatic rings. The van der Waals surface area contributed by atoms with E-state index in [-0.39, 0.29) is 5.82 Å². The number of aromatic nitrogens is 1. The summed E-state index contributed by atoms with van der Waals surface area (Å²) in [7, 11) is 1.68. The molecule has 0 amide bonds. The van der Waals surface area contributed by atoms with Gasteiger partial charge in [-0.1, -0.05) is 0 Å². The minimum atomic E-state index is -0.215. The summed E-state index contributed by atoms with van der Waals surface area (Å²) in [6.45, 7) is 0.702. The summed E-state index contributed by atoms with van der Waals surface area (Å²) in [5.74, 6) is -0.215. The van der Waals surface area contributed by atoms with E-state index >= 15 is 0 Å². The van der Waals surface area contributed by atoms with E-state index in [1.807, 2.05) is 6.20 Å². The van der Waals surface area contributed by atoms with Crippen LogP contribution in [0.15, 0.2) is 24.4 Å². The zero-order valence-electron chi connectivity index (χ0n) is 8.59. The van der Waals surface area contributed by atoms with Crippen LogP contribution in [0.2, 0.25) is 0 Å². The van der Waals surface area contributed by atoms with Crippen LogP contribution in [-0.4, -0.2) is 18.7 Å². The van der Waals surface area contributed by atoms with Crippen molar-refractivity contribution in [3.05, 3.63) is 42.2 Å². The number of hydrogen-bond acceptors (Lipinski definition) is 1. The molecule has 1 heterocycles. The van der Waals surface area contributed by atoms with Gasteiger partial charge in [-0.15, -0.1) is 0 Å². The van der Waals surface area contributed by atoms with Gasteiger partial charge in [0.05, 0.1) is 0 Å². The maximum Gasteiger partial charge on any atom is 0.125 e. The normalized spacial score (nSPS) is 11.1. The maximum absolute atomic E-state index is 12.9. The molecular weight excluding hydrogens is 193 g/mol. The Morgan fingerprint density at radius 1 is 1.47 bits per heavy atom. The average molecular weight is 206 g/mol. The number of ether oxygens (including phenoxy) is 1. The first-order valence-electron chi connectivity index (χ1n) is 4.90. The van der Waals surface area contributed by atoms with E-state index in [0.717, 1.165) is 22.9 Å². The van der Waals surface area contributed by atoms with E-state index in [0.29, 0.717) is 6.61 Å². The fraction of sp³-hybridized carbons (Fsp3) is 0.250. The summed E-state index contributed by atoms with van der Waals surface area (Å²) >= 11 is 0. The highest BCUT2D eigenvalue weighted by Gasteiger charge is 2.04. The summed E-state index contributed by atoms with van der Waals surface area (Å²) in [4.78, 5) is 3.04. The first-order chi connectivity index (χ1) is 7.31. The number of H-pyrrole nitrogens is 1. The second-order valence-electron chi connectivity index (χ2n) is 3.42. The predicted octanol–water partition coefficient (Wildman–Crippen LogP) is 2.90. The monoisotopic (exact) mass is 206 g/mol. The molecule has 0 bridgehead atoms. The molecule has 79 valence electrons.